The third kappa shape index (κ3) is 4.88. The van der Waals surface area contributed by atoms with Crippen LogP contribution in [0.3, 0.4) is 0 Å². The Bertz CT molecular complexity index is 573. The summed E-state index contributed by atoms with van der Waals surface area (Å²) in [5.74, 6) is 0.795. The molecule has 0 amide bonds. The lowest BCUT2D eigenvalue weighted by Gasteiger charge is -2.39. The molecule has 136 valence electrons. The Kier molecular flexibility index (Phi) is 6.59. The van der Waals surface area contributed by atoms with E-state index in [-0.39, 0.29) is 0 Å². The molecule has 1 saturated heterocycles. The summed E-state index contributed by atoms with van der Waals surface area (Å²) in [6.45, 7) is 9.06. The second-order valence-electron chi connectivity index (χ2n) is 7.84. The van der Waals surface area contributed by atoms with E-state index in [4.69, 9.17) is 4.74 Å². The number of para-hydroxylation sites is 1. The number of aliphatic hydroxyl groups is 1. The van der Waals surface area contributed by atoms with Crippen LogP contribution in [0.1, 0.15) is 38.2 Å². The van der Waals surface area contributed by atoms with E-state index in [0.717, 1.165) is 49.4 Å². The van der Waals surface area contributed by atoms with Gasteiger partial charge in [0, 0.05) is 18.7 Å². The van der Waals surface area contributed by atoms with Crippen molar-refractivity contribution in [3.8, 4) is 5.75 Å². The minimum absolute atomic E-state index is 0.743. The first-order chi connectivity index (χ1) is 11.3. The van der Waals surface area contributed by atoms with Crippen LogP contribution in [0.2, 0.25) is 0 Å². The summed E-state index contributed by atoms with van der Waals surface area (Å²) in [6, 6.07) is 7.86. The van der Waals surface area contributed by atoms with E-state index in [1.54, 1.807) is 7.11 Å². The van der Waals surface area contributed by atoms with Gasteiger partial charge in [-0.25, -0.2) is 0 Å². The summed E-state index contributed by atoms with van der Waals surface area (Å²) in [5, 5.41) is 11.1. The molecule has 1 heterocycles. The number of piperidine rings is 1. The lowest BCUT2D eigenvalue weighted by atomic mass is 9.84. The van der Waals surface area contributed by atoms with Crippen molar-refractivity contribution in [1.29, 1.82) is 0 Å². The zero-order valence-electron chi connectivity index (χ0n) is 15.8. The minimum atomic E-state index is -0.969. The summed E-state index contributed by atoms with van der Waals surface area (Å²) < 4.78 is 5.44. The zero-order chi connectivity index (χ0) is 17.8. The lowest BCUT2D eigenvalue weighted by molar-refractivity contribution is -0.0276. The van der Waals surface area contributed by atoms with Crippen molar-refractivity contribution in [3.05, 3.63) is 29.8 Å². The third-order valence-corrected chi connectivity index (χ3v) is 8.23. The number of methoxy groups -OCH3 is 1. The number of benzene rings is 1. The van der Waals surface area contributed by atoms with E-state index < -0.39 is 12.5 Å². The van der Waals surface area contributed by atoms with Gasteiger partial charge in [-0.2, -0.15) is 0 Å². The number of hydrogen-bond donors (Lipinski definition) is 1. The van der Waals surface area contributed by atoms with Gasteiger partial charge in [0.1, 0.15) is 5.75 Å². The van der Waals surface area contributed by atoms with Gasteiger partial charge < -0.3 is 14.7 Å². The molecule has 2 rings (SSSR count). The highest BCUT2D eigenvalue weighted by molar-refractivity contribution is 7.72. The Morgan fingerprint density at radius 3 is 2.50 bits per heavy atom. The summed E-state index contributed by atoms with van der Waals surface area (Å²) in [6.07, 6.45) is 8.40. The maximum Gasteiger partial charge on any atom is 0.124 e. The summed E-state index contributed by atoms with van der Waals surface area (Å²) in [7, 11) is 1.67. The summed E-state index contributed by atoms with van der Waals surface area (Å²) >= 11 is 0. The number of nitrogens with zero attached hydrogens (tertiary/aromatic N) is 1. The van der Waals surface area contributed by atoms with Crippen molar-refractivity contribution in [2.24, 2.45) is 0 Å². The molecule has 1 atom stereocenters. The quantitative estimate of drug-likeness (QED) is 0.757. The van der Waals surface area contributed by atoms with Gasteiger partial charge in [0.05, 0.1) is 12.7 Å². The third-order valence-electron chi connectivity index (χ3n) is 5.58. The van der Waals surface area contributed by atoms with Crippen LogP contribution < -0.4 is 4.74 Å². The molecule has 0 spiro atoms. The molecule has 24 heavy (non-hydrogen) atoms. The molecule has 0 aromatic heterocycles. The van der Waals surface area contributed by atoms with Crippen LogP contribution in [0.25, 0.3) is 0 Å². The van der Waals surface area contributed by atoms with Crippen LogP contribution >= 0.6 is 6.89 Å². The van der Waals surface area contributed by atoms with E-state index in [0.29, 0.717) is 0 Å². The summed E-state index contributed by atoms with van der Waals surface area (Å²) in [4.78, 5) is 2.49. The largest absolute Gasteiger partial charge is 0.496 e. The van der Waals surface area contributed by atoms with Gasteiger partial charge in [0.15, 0.2) is 0 Å². The highest BCUT2D eigenvalue weighted by atomic mass is 31.2. The van der Waals surface area contributed by atoms with Gasteiger partial charge in [0.2, 0.25) is 0 Å². The molecule has 1 aromatic carbocycles. The first-order valence-electron chi connectivity index (χ1n) is 9.02. The number of likely N-dealkylation sites (tertiary alicyclic amines) is 1. The van der Waals surface area contributed by atoms with E-state index in [1.807, 2.05) is 24.3 Å². The lowest BCUT2D eigenvalue weighted by Crippen LogP contribution is -2.43. The molecule has 4 heteroatoms. The standard InChI is InChI=1S/C20H34NO2P/c1-17(24(3,4)5)9-8-14-21-15-12-20(22,13-16-21)18-10-6-7-11-19(18)23-2/h6-7,10-11,17,22H,3,8-9,12-16H2,1-2,4-5H3. The van der Waals surface area contributed by atoms with Crippen LogP contribution in [0.4, 0.5) is 0 Å². The fourth-order valence-electron chi connectivity index (χ4n) is 3.40. The number of hydrogen-bond acceptors (Lipinski definition) is 3. The molecule has 1 N–H and O–H groups in total. The SMILES string of the molecule is C=P(C)(C)C(C)CCCN1CCC(O)(c2ccccc2OC)CC1. The molecule has 1 aliphatic heterocycles. The Morgan fingerprint density at radius 2 is 1.92 bits per heavy atom. The predicted molar refractivity (Wildman–Crippen MR) is 107 cm³/mol. The van der Waals surface area contributed by atoms with E-state index >= 15 is 0 Å². The van der Waals surface area contributed by atoms with Crippen molar-refractivity contribution < 1.29 is 9.84 Å². The van der Waals surface area contributed by atoms with Crippen LogP contribution in [0.15, 0.2) is 24.3 Å². The van der Waals surface area contributed by atoms with E-state index in [9.17, 15) is 5.11 Å². The molecule has 0 bridgehead atoms. The maximum atomic E-state index is 11.1. The van der Waals surface area contributed by atoms with Gasteiger partial charge in [-0.3, -0.25) is 0 Å². The van der Waals surface area contributed by atoms with Crippen LogP contribution in [-0.4, -0.2) is 62.0 Å². The smallest absolute Gasteiger partial charge is 0.124 e. The molecular weight excluding hydrogens is 317 g/mol. The van der Waals surface area contributed by atoms with Gasteiger partial charge >= 0.3 is 0 Å². The van der Waals surface area contributed by atoms with Crippen LogP contribution in [0.5, 0.6) is 5.75 Å². The number of rotatable bonds is 7. The Morgan fingerprint density at radius 1 is 1.29 bits per heavy atom. The first-order valence-corrected chi connectivity index (χ1v) is 12.0. The maximum absolute atomic E-state index is 11.1. The van der Waals surface area contributed by atoms with Crippen LogP contribution in [-0.2, 0) is 5.60 Å². The van der Waals surface area contributed by atoms with E-state index in [2.05, 4.69) is 31.5 Å². The second kappa shape index (κ2) is 8.08. The van der Waals surface area contributed by atoms with E-state index in [1.165, 1.54) is 12.8 Å². The fourth-order valence-corrected chi connectivity index (χ4v) is 4.29. The monoisotopic (exact) mass is 351 g/mol. The average molecular weight is 351 g/mol. The topological polar surface area (TPSA) is 32.7 Å². The molecule has 1 unspecified atom stereocenters. The van der Waals surface area contributed by atoms with Gasteiger partial charge in [0.25, 0.3) is 0 Å². The molecule has 0 saturated carbocycles. The zero-order valence-corrected chi connectivity index (χ0v) is 16.7. The first kappa shape index (κ1) is 19.6. The second-order valence-corrected chi connectivity index (χ2v) is 12.3. The fraction of sp³-hybridized carbons (Fsp3) is 0.650. The van der Waals surface area contributed by atoms with Crippen molar-refractivity contribution in [2.45, 2.75) is 43.9 Å². The van der Waals surface area contributed by atoms with Crippen molar-refractivity contribution in [2.75, 3.05) is 40.1 Å². The van der Waals surface area contributed by atoms with Crippen molar-refractivity contribution >= 4 is 13.2 Å². The minimum Gasteiger partial charge on any atom is -0.496 e. The molecule has 1 aromatic rings. The van der Waals surface area contributed by atoms with Gasteiger partial charge in [-0.15, -0.1) is 13.2 Å². The van der Waals surface area contributed by atoms with Gasteiger partial charge in [-0.1, -0.05) is 25.1 Å². The van der Waals surface area contributed by atoms with Crippen molar-refractivity contribution in [3.63, 3.8) is 0 Å². The summed E-state index contributed by atoms with van der Waals surface area (Å²) in [5.41, 5.74) is 0.925. The molecule has 3 nitrogen and oxygen atoms in total. The molecule has 1 fully saturated rings. The average Bonchev–Trinajstić information content (AvgIpc) is 2.55. The van der Waals surface area contributed by atoms with Gasteiger partial charge in [-0.05, 0) is 57.3 Å². The molecule has 0 aliphatic carbocycles. The Hall–Kier alpha value is -0.760. The normalized spacial score (nSPS) is 19.9. The molecule has 1 aliphatic rings. The highest BCUT2D eigenvalue weighted by Crippen LogP contribution is 2.43. The Labute approximate surface area is 148 Å². The predicted octanol–water partition coefficient (Wildman–Crippen LogP) is 3.86. The molecular formula is C20H34NO2P. The van der Waals surface area contributed by atoms with Crippen molar-refractivity contribution in [1.82, 2.24) is 4.90 Å². The Balaban J connectivity index is 1.86. The number of ether oxygens (including phenoxy) is 1. The molecule has 0 radical (unpaired) electrons. The van der Waals surface area contributed by atoms with Crippen LogP contribution in [0, 0.1) is 0 Å². The highest BCUT2D eigenvalue weighted by Gasteiger charge is 2.35.